The molecule has 62 valence electrons. The molecule has 0 fully saturated rings. The molecule has 2 nitrogen and oxygen atoms in total. The van der Waals surface area contributed by atoms with Gasteiger partial charge in [-0.15, -0.1) is 0 Å². The molecule has 0 saturated heterocycles. The van der Waals surface area contributed by atoms with Crippen molar-refractivity contribution in [2.75, 3.05) is 0 Å². The SMILES string of the molecule is C=C(F)c1cccc(C(N)=O)c1. The molecule has 3 heteroatoms. The maximum atomic E-state index is 12.5. The summed E-state index contributed by atoms with van der Waals surface area (Å²) in [6, 6.07) is 5.97. The molecule has 0 aliphatic carbocycles. The molecule has 0 spiro atoms. The molecule has 0 aliphatic rings. The molecular weight excluding hydrogens is 157 g/mol. The summed E-state index contributed by atoms with van der Waals surface area (Å²) in [6.45, 7) is 3.11. The molecule has 0 unspecified atom stereocenters. The predicted octanol–water partition coefficient (Wildman–Crippen LogP) is 1.73. The maximum Gasteiger partial charge on any atom is 0.248 e. The topological polar surface area (TPSA) is 43.1 Å². The van der Waals surface area contributed by atoms with E-state index >= 15 is 0 Å². The third-order valence-electron chi connectivity index (χ3n) is 1.46. The Bertz CT molecular complexity index is 304. The molecular formula is C9H8FNO. The van der Waals surface area contributed by atoms with E-state index in [4.69, 9.17) is 5.73 Å². The van der Waals surface area contributed by atoms with Crippen molar-refractivity contribution in [2.45, 2.75) is 0 Å². The quantitative estimate of drug-likeness (QED) is 0.712. The molecule has 0 aromatic heterocycles. The lowest BCUT2D eigenvalue weighted by molar-refractivity contribution is 0.100. The van der Waals surface area contributed by atoms with E-state index in [1.54, 1.807) is 6.07 Å². The number of carbonyl (C=O) groups excluding carboxylic acids is 1. The number of primary amides is 1. The molecule has 0 atom stereocenters. The van der Waals surface area contributed by atoms with Crippen molar-refractivity contribution in [3.8, 4) is 0 Å². The van der Waals surface area contributed by atoms with Crippen LogP contribution >= 0.6 is 0 Å². The number of amides is 1. The molecule has 0 heterocycles. The normalized spacial score (nSPS) is 9.42. The van der Waals surface area contributed by atoms with E-state index in [2.05, 4.69) is 6.58 Å². The second kappa shape index (κ2) is 3.17. The van der Waals surface area contributed by atoms with Crippen LogP contribution in [0.3, 0.4) is 0 Å². The summed E-state index contributed by atoms with van der Waals surface area (Å²) >= 11 is 0. The maximum absolute atomic E-state index is 12.5. The van der Waals surface area contributed by atoms with Crippen molar-refractivity contribution in [2.24, 2.45) is 5.73 Å². The summed E-state index contributed by atoms with van der Waals surface area (Å²) in [4.78, 5) is 10.6. The summed E-state index contributed by atoms with van der Waals surface area (Å²) in [5.74, 6) is -1.14. The third-order valence-corrected chi connectivity index (χ3v) is 1.46. The van der Waals surface area contributed by atoms with E-state index in [9.17, 15) is 9.18 Å². The first-order valence-corrected chi connectivity index (χ1v) is 3.36. The van der Waals surface area contributed by atoms with Crippen LogP contribution < -0.4 is 5.73 Å². The van der Waals surface area contributed by atoms with E-state index in [0.717, 1.165) is 0 Å². The first kappa shape index (κ1) is 8.46. The largest absolute Gasteiger partial charge is 0.366 e. The first-order chi connectivity index (χ1) is 5.61. The number of nitrogens with two attached hydrogens (primary N) is 1. The van der Waals surface area contributed by atoms with Gasteiger partial charge in [-0.25, -0.2) is 4.39 Å². The van der Waals surface area contributed by atoms with Crippen molar-refractivity contribution >= 4 is 11.7 Å². The lowest BCUT2D eigenvalue weighted by Crippen LogP contribution is -2.10. The van der Waals surface area contributed by atoms with Gasteiger partial charge in [-0.1, -0.05) is 18.7 Å². The molecule has 1 aromatic carbocycles. The van der Waals surface area contributed by atoms with Crippen LogP contribution in [0.5, 0.6) is 0 Å². The fourth-order valence-corrected chi connectivity index (χ4v) is 0.841. The number of hydrogen-bond donors (Lipinski definition) is 1. The molecule has 0 saturated carbocycles. The van der Waals surface area contributed by atoms with Gasteiger partial charge in [0.2, 0.25) is 5.91 Å². The number of carbonyl (C=O) groups is 1. The minimum Gasteiger partial charge on any atom is -0.366 e. The van der Waals surface area contributed by atoms with Gasteiger partial charge in [0.25, 0.3) is 0 Å². The second-order valence-electron chi connectivity index (χ2n) is 2.35. The average Bonchev–Trinajstić information content (AvgIpc) is 2.04. The molecule has 0 bridgehead atoms. The molecule has 12 heavy (non-hydrogen) atoms. The standard InChI is InChI=1S/C9H8FNO/c1-6(10)7-3-2-4-8(5-7)9(11)12/h2-5H,1H2,(H2,11,12). The zero-order valence-electron chi connectivity index (χ0n) is 6.38. The van der Waals surface area contributed by atoms with Crippen LogP contribution in [0.4, 0.5) is 4.39 Å². The van der Waals surface area contributed by atoms with Gasteiger partial charge in [-0.2, -0.15) is 0 Å². The molecule has 0 radical (unpaired) electrons. The average molecular weight is 165 g/mol. The van der Waals surface area contributed by atoms with Crippen molar-refractivity contribution < 1.29 is 9.18 Å². The molecule has 2 N–H and O–H groups in total. The highest BCUT2D eigenvalue weighted by molar-refractivity contribution is 5.93. The van der Waals surface area contributed by atoms with E-state index in [1.807, 2.05) is 0 Å². The lowest BCUT2D eigenvalue weighted by Gasteiger charge is -1.98. The fourth-order valence-electron chi connectivity index (χ4n) is 0.841. The van der Waals surface area contributed by atoms with E-state index in [-0.39, 0.29) is 11.1 Å². The van der Waals surface area contributed by atoms with Crippen LogP contribution in [0.1, 0.15) is 15.9 Å². The van der Waals surface area contributed by atoms with E-state index in [1.165, 1.54) is 18.2 Å². The minimum atomic E-state index is -0.571. The van der Waals surface area contributed by atoms with Crippen molar-refractivity contribution in [1.82, 2.24) is 0 Å². The highest BCUT2D eigenvalue weighted by atomic mass is 19.1. The van der Waals surface area contributed by atoms with Gasteiger partial charge >= 0.3 is 0 Å². The molecule has 0 aliphatic heterocycles. The molecule has 1 amide bonds. The Morgan fingerprint density at radius 3 is 2.50 bits per heavy atom. The zero-order valence-corrected chi connectivity index (χ0v) is 6.38. The van der Waals surface area contributed by atoms with Crippen LogP contribution in [-0.4, -0.2) is 5.91 Å². The Morgan fingerprint density at radius 2 is 2.00 bits per heavy atom. The molecule has 1 rings (SSSR count). The zero-order chi connectivity index (χ0) is 9.14. The Balaban J connectivity index is 3.12. The number of benzene rings is 1. The number of rotatable bonds is 2. The molecule has 1 aromatic rings. The van der Waals surface area contributed by atoms with Gasteiger partial charge < -0.3 is 5.73 Å². The lowest BCUT2D eigenvalue weighted by atomic mass is 10.1. The van der Waals surface area contributed by atoms with Crippen LogP contribution in [0.15, 0.2) is 30.8 Å². The predicted molar refractivity (Wildman–Crippen MR) is 45.1 cm³/mol. The number of hydrogen-bond acceptors (Lipinski definition) is 1. The highest BCUT2D eigenvalue weighted by Crippen LogP contribution is 2.14. The van der Waals surface area contributed by atoms with Crippen LogP contribution in [0.2, 0.25) is 0 Å². The van der Waals surface area contributed by atoms with Gasteiger partial charge in [-0.3, -0.25) is 4.79 Å². The Morgan fingerprint density at radius 1 is 1.42 bits per heavy atom. The van der Waals surface area contributed by atoms with Gasteiger partial charge in [0.05, 0.1) is 0 Å². The van der Waals surface area contributed by atoms with Crippen molar-refractivity contribution in [3.63, 3.8) is 0 Å². The summed E-state index contributed by atoms with van der Waals surface area (Å²) in [5, 5.41) is 0. The van der Waals surface area contributed by atoms with Gasteiger partial charge in [0.1, 0.15) is 5.83 Å². The van der Waals surface area contributed by atoms with Crippen LogP contribution in [0.25, 0.3) is 5.83 Å². The fraction of sp³-hybridized carbons (Fsp3) is 0. The summed E-state index contributed by atoms with van der Waals surface area (Å²) in [7, 11) is 0. The Labute approximate surface area is 69.5 Å². The first-order valence-electron chi connectivity index (χ1n) is 3.36. The van der Waals surface area contributed by atoms with E-state index in [0.29, 0.717) is 0 Å². The van der Waals surface area contributed by atoms with Crippen LogP contribution in [-0.2, 0) is 0 Å². The van der Waals surface area contributed by atoms with Crippen molar-refractivity contribution in [1.29, 1.82) is 0 Å². The van der Waals surface area contributed by atoms with Crippen LogP contribution in [0, 0.1) is 0 Å². The highest BCUT2D eigenvalue weighted by Gasteiger charge is 2.02. The Hall–Kier alpha value is -1.64. The number of halogens is 1. The summed E-state index contributed by atoms with van der Waals surface area (Å²) < 4.78 is 12.5. The Kier molecular flexibility index (Phi) is 2.24. The monoisotopic (exact) mass is 165 g/mol. The second-order valence-corrected chi connectivity index (χ2v) is 2.35. The van der Waals surface area contributed by atoms with E-state index < -0.39 is 11.7 Å². The summed E-state index contributed by atoms with van der Waals surface area (Å²) in [6.07, 6.45) is 0. The summed E-state index contributed by atoms with van der Waals surface area (Å²) in [5.41, 5.74) is 5.56. The van der Waals surface area contributed by atoms with Gasteiger partial charge in [0, 0.05) is 11.1 Å². The van der Waals surface area contributed by atoms with Gasteiger partial charge in [-0.05, 0) is 12.1 Å². The van der Waals surface area contributed by atoms with Crippen molar-refractivity contribution in [3.05, 3.63) is 42.0 Å². The minimum absolute atomic E-state index is 0.284. The smallest absolute Gasteiger partial charge is 0.248 e. The van der Waals surface area contributed by atoms with Gasteiger partial charge in [0.15, 0.2) is 0 Å². The third kappa shape index (κ3) is 1.69.